The van der Waals surface area contributed by atoms with Gasteiger partial charge < -0.3 is 34.6 Å². The first-order chi connectivity index (χ1) is 26.7. The van der Waals surface area contributed by atoms with Crippen LogP contribution in [-0.2, 0) is 28.4 Å². The summed E-state index contributed by atoms with van der Waals surface area (Å²) in [6, 6.07) is 14.5. The highest BCUT2D eigenvalue weighted by molar-refractivity contribution is 5.94. The van der Waals surface area contributed by atoms with Gasteiger partial charge in [0.15, 0.2) is 23.1 Å². The molecule has 5 rings (SSSR count). The number of methoxy groups -OCH3 is 2. The van der Waals surface area contributed by atoms with E-state index in [9.17, 15) is 31.1 Å². The van der Waals surface area contributed by atoms with Gasteiger partial charge in [0.1, 0.15) is 5.82 Å². The molecule has 0 unspecified atom stereocenters. The van der Waals surface area contributed by atoms with Crippen LogP contribution in [0.15, 0.2) is 78.9 Å². The van der Waals surface area contributed by atoms with Crippen LogP contribution in [0.25, 0.3) is 33.9 Å². The van der Waals surface area contributed by atoms with E-state index < -0.39 is 52.4 Å². The topological polar surface area (TPSA) is 110 Å². The molecule has 1 aromatic heterocycles. The van der Waals surface area contributed by atoms with Gasteiger partial charge in [0.05, 0.1) is 63.2 Å². The Morgan fingerprint density at radius 2 is 1.36 bits per heavy atom. The van der Waals surface area contributed by atoms with Gasteiger partial charge in [0.25, 0.3) is 5.91 Å². The Balaban J connectivity index is 1.63. The van der Waals surface area contributed by atoms with E-state index in [2.05, 4.69) is 10.3 Å². The molecule has 0 saturated heterocycles. The molecule has 3 N–H and O–H groups in total. The first-order valence-corrected chi connectivity index (χ1v) is 17.0. The van der Waals surface area contributed by atoms with Gasteiger partial charge >= 0.3 is 12.4 Å². The second-order valence-electron chi connectivity index (χ2n) is 12.1. The third-order valence-corrected chi connectivity index (χ3v) is 8.43. The minimum Gasteiger partial charge on any atom is -0.494 e. The third kappa shape index (κ3) is 9.82. The minimum atomic E-state index is -5.29. The van der Waals surface area contributed by atoms with E-state index in [1.165, 1.54) is 67.3 Å². The molecular weight excluding hydrogens is 756 g/mol. The van der Waals surface area contributed by atoms with Crippen molar-refractivity contribution in [2.24, 2.45) is 5.73 Å². The molecule has 0 spiro atoms. The maximum atomic E-state index is 15.3. The number of aromatic nitrogens is 2. The summed E-state index contributed by atoms with van der Waals surface area (Å²) in [7, 11) is 2.46. The molecular formula is C39H36F8N4O5. The van der Waals surface area contributed by atoms with E-state index in [0.717, 1.165) is 12.1 Å². The second kappa shape index (κ2) is 18.0. The molecule has 0 aliphatic carbocycles. The summed E-state index contributed by atoms with van der Waals surface area (Å²) < 4.78 is 137. The van der Waals surface area contributed by atoms with Crippen molar-refractivity contribution in [3.63, 3.8) is 0 Å². The van der Waals surface area contributed by atoms with E-state index in [4.69, 9.17) is 24.7 Å². The standard InChI is InChI=1S/C39H36F8N4O5/c1-53-32-11-7-25(19-30(32)40)34-35(26-8-12-33(54-2)31(41)20-26)51(36(50-34)28-10-9-27(38(42,43)44)21-29(28)39(45,46)47)22-23-3-5-24(6-4-23)37(52)49-14-16-56-18-17-55-15-13-48/h3-12,19-21H,13-18,22,48H2,1-2H3,(H,49,52). The molecule has 4 aromatic carbocycles. The van der Waals surface area contributed by atoms with Crippen LogP contribution in [0.3, 0.4) is 0 Å². The van der Waals surface area contributed by atoms with E-state index in [1.807, 2.05) is 0 Å². The number of halogens is 8. The molecule has 17 heteroatoms. The number of imidazole rings is 1. The van der Waals surface area contributed by atoms with Crippen molar-refractivity contribution in [3.8, 4) is 45.4 Å². The van der Waals surface area contributed by atoms with Crippen molar-refractivity contribution in [1.82, 2.24) is 14.9 Å². The molecule has 0 radical (unpaired) electrons. The van der Waals surface area contributed by atoms with Gasteiger partial charge in [-0.25, -0.2) is 13.8 Å². The number of hydrogen-bond donors (Lipinski definition) is 2. The van der Waals surface area contributed by atoms with Gasteiger partial charge in [0, 0.05) is 41.9 Å². The average molecular weight is 793 g/mol. The maximum Gasteiger partial charge on any atom is 0.417 e. The molecule has 1 amide bonds. The lowest BCUT2D eigenvalue weighted by Crippen LogP contribution is -2.27. The second-order valence-corrected chi connectivity index (χ2v) is 12.1. The highest BCUT2D eigenvalue weighted by Crippen LogP contribution is 2.44. The van der Waals surface area contributed by atoms with Gasteiger partial charge in [-0.1, -0.05) is 18.2 Å². The lowest BCUT2D eigenvalue weighted by molar-refractivity contribution is -0.142. The number of nitrogens with zero attached hydrogens (tertiary/aromatic N) is 2. The van der Waals surface area contributed by atoms with Crippen molar-refractivity contribution < 1.29 is 58.9 Å². The molecule has 9 nitrogen and oxygen atoms in total. The molecule has 56 heavy (non-hydrogen) atoms. The van der Waals surface area contributed by atoms with Crippen LogP contribution in [0.4, 0.5) is 35.1 Å². The number of ether oxygens (including phenoxy) is 4. The summed E-state index contributed by atoms with van der Waals surface area (Å²) in [4.78, 5) is 17.3. The molecule has 0 fully saturated rings. The molecule has 0 atom stereocenters. The molecule has 298 valence electrons. The van der Waals surface area contributed by atoms with Crippen LogP contribution in [0.1, 0.15) is 27.0 Å². The fraction of sp³-hybridized carbons (Fsp3) is 0.282. The van der Waals surface area contributed by atoms with Crippen molar-refractivity contribution in [1.29, 1.82) is 0 Å². The zero-order chi connectivity index (χ0) is 40.6. The highest BCUT2D eigenvalue weighted by atomic mass is 19.4. The van der Waals surface area contributed by atoms with Gasteiger partial charge in [0.2, 0.25) is 0 Å². The number of nitrogens with one attached hydrogen (secondary N) is 1. The van der Waals surface area contributed by atoms with Crippen LogP contribution >= 0.6 is 0 Å². The fourth-order valence-electron chi connectivity index (χ4n) is 5.77. The number of rotatable bonds is 16. The monoisotopic (exact) mass is 792 g/mol. The van der Waals surface area contributed by atoms with Crippen molar-refractivity contribution in [2.45, 2.75) is 18.9 Å². The lowest BCUT2D eigenvalue weighted by atomic mass is 10.0. The van der Waals surface area contributed by atoms with Crippen LogP contribution in [0, 0.1) is 11.6 Å². The van der Waals surface area contributed by atoms with Gasteiger partial charge in [-0.2, -0.15) is 26.3 Å². The number of amides is 1. The lowest BCUT2D eigenvalue weighted by Gasteiger charge is -2.18. The van der Waals surface area contributed by atoms with E-state index in [1.54, 1.807) is 0 Å². The normalized spacial score (nSPS) is 11.8. The van der Waals surface area contributed by atoms with Gasteiger partial charge in [-0.05, 0) is 66.2 Å². The van der Waals surface area contributed by atoms with E-state index in [0.29, 0.717) is 44.1 Å². The SMILES string of the molecule is COc1ccc(-c2nc(-c3ccc(C(F)(F)F)cc3C(F)(F)F)n(Cc3ccc(C(=O)NCCOCCOCCN)cc3)c2-c2ccc(OC)c(F)c2)cc1F. The van der Waals surface area contributed by atoms with Crippen molar-refractivity contribution >= 4 is 5.91 Å². The summed E-state index contributed by atoms with van der Waals surface area (Å²) in [5.74, 6) is -2.92. The van der Waals surface area contributed by atoms with Crippen molar-refractivity contribution in [2.75, 3.05) is 53.7 Å². The Morgan fingerprint density at radius 3 is 1.93 bits per heavy atom. The molecule has 5 aromatic rings. The Morgan fingerprint density at radius 1 is 0.750 bits per heavy atom. The number of benzene rings is 4. The quantitative estimate of drug-likeness (QED) is 0.0771. The minimum absolute atomic E-state index is 0.00520. The molecule has 0 bridgehead atoms. The Bertz CT molecular complexity index is 2140. The average Bonchev–Trinajstić information content (AvgIpc) is 3.53. The molecule has 0 aliphatic rings. The Hall–Kier alpha value is -5.52. The highest BCUT2D eigenvalue weighted by Gasteiger charge is 2.40. The predicted molar refractivity (Wildman–Crippen MR) is 190 cm³/mol. The summed E-state index contributed by atoms with van der Waals surface area (Å²) in [5, 5.41) is 2.70. The largest absolute Gasteiger partial charge is 0.494 e. The Kier molecular flexibility index (Phi) is 13.4. The van der Waals surface area contributed by atoms with Crippen LogP contribution in [0.2, 0.25) is 0 Å². The van der Waals surface area contributed by atoms with Crippen LogP contribution < -0.4 is 20.5 Å². The van der Waals surface area contributed by atoms with Crippen molar-refractivity contribution in [3.05, 3.63) is 113 Å². The zero-order valence-electron chi connectivity index (χ0n) is 30.0. The smallest absolute Gasteiger partial charge is 0.417 e. The number of carbonyl (C=O) groups is 1. The number of hydrogen-bond acceptors (Lipinski definition) is 7. The zero-order valence-corrected chi connectivity index (χ0v) is 30.0. The van der Waals surface area contributed by atoms with Crippen LogP contribution in [-0.4, -0.2) is 69.2 Å². The first kappa shape index (κ1) is 41.6. The van der Waals surface area contributed by atoms with E-state index >= 15 is 8.78 Å². The summed E-state index contributed by atoms with van der Waals surface area (Å²) >= 11 is 0. The van der Waals surface area contributed by atoms with Gasteiger partial charge in [-0.15, -0.1) is 0 Å². The van der Waals surface area contributed by atoms with Gasteiger partial charge in [-0.3, -0.25) is 4.79 Å². The predicted octanol–water partition coefficient (Wildman–Crippen LogP) is 7.99. The fourth-order valence-corrected chi connectivity index (χ4v) is 5.77. The molecule has 0 aliphatic heterocycles. The summed E-state index contributed by atoms with van der Waals surface area (Å²) in [6.45, 7) is 1.52. The number of carbonyl (C=O) groups excluding carboxylic acids is 1. The van der Waals surface area contributed by atoms with Crippen LogP contribution in [0.5, 0.6) is 11.5 Å². The maximum absolute atomic E-state index is 15.3. The third-order valence-electron chi connectivity index (χ3n) is 8.43. The summed E-state index contributed by atoms with van der Waals surface area (Å²) in [6.07, 6.45) is -10.4. The summed E-state index contributed by atoms with van der Waals surface area (Å²) in [5.41, 5.74) is 2.06. The molecule has 0 saturated carbocycles. The molecule has 1 heterocycles. The Labute approximate surface area is 316 Å². The van der Waals surface area contributed by atoms with E-state index in [-0.39, 0.29) is 65.3 Å². The number of alkyl halides is 6. The number of nitrogens with two attached hydrogens (primary N) is 1. The first-order valence-electron chi connectivity index (χ1n) is 17.0.